The average molecular weight is 441 g/mol. The zero-order chi connectivity index (χ0) is 21.9. The van der Waals surface area contributed by atoms with Crippen LogP contribution < -0.4 is 21.7 Å². The summed E-state index contributed by atoms with van der Waals surface area (Å²) >= 11 is 7.62. The van der Waals surface area contributed by atoms with E-state index in [1.807, 2.05) is 0 Å². The van der Waals surface area contributed by atoms with Crippen molar-refractivity contribution in [3.05, 3.63) is 0 Å². The number of aliphatic carboxylic acids is 2. The van der Waals surface area contributed by atoms with E-state index in [0.717, 1.165) is 0 Å². The monoisotopic (exact) mass is 440 g/mol. The number of carbonyl (C=O) groups excluding carboxylic acids is 3. The number of thiol groups is 2. The van der Waals surface area contributed by atoms with Crippen molar-refractivity contribution >= 4 is 54.9 Å². The van der Waals surface area contributed by atoms with Gasteiger partial charge in [-0.1, -0.05) is 0 Å². The van der Waals surface area contributed by atoms with E-state index in [0.29, 0.717) is 0 Å². The quantitative estimate of drug-likeness (QED) is 0.130. The minimum Gasteiger partial charge on any atom is -0.481 e. The summed E-state index contributed by atoms with van der Waals surface area (Å²) in [5, 5.41) is 33.5. The molecule has 0 radical (unpaired) electrons. The lowest BCUT2D eigenvalue weighted by Crippen LogP contribution is -2.58. The van der Waals surface area contributed by atoms with E-state index in [1.54, 1.807) is 0 Å². The van der Waals surface area contributed by atoms with Crippen molar-refractivity contribution in [2.24, 2.45) is 5.73 Å². The molecular formula is C14H24N4O8S2. The molecule has 0 aromatic heterocycles. The van der Waals surface area contributed by atoms with E-state index in [-0.39, 0.29) is 17.9 Å². The number of aliphatic hydroxyl groups is 1. The zero-order valence-electron chi connectivity index (χ0n) is 14.7. The molecular weight excluding hydrogens is 416 g/mol. The summed E-state index contributed by atoms with van der Waals surface area (Å²) in [4.78, 5) is 58.0. The largest absolute Gasteiger partial charge is 0.481 e. The molecule has 0 rings (SSSR count). The number of rotatable bonds is 13. The van der Waals surface area contributed by atoms with Gasteiger partial charge in [0, 0.05) is 17.9 Å². The first-order valence-electron chi connectivity index (χ1n) is 8.01. The van der Waals surface area contributed by atoms with Crippen LogP contribution >= 0.6 is 25.3 Å². The van der Waals surface area contributed by atoms with Crippen LogP contribution in [0.25, 0.3) is 0 Å². The van der Waals surface area contributed by atoms with Crippen LogP contribution in [0.1, 0.15) is 12.8 Å². The van der Waals surface area contributed by atoms with Crippen molar-refractivity contribution in [3.8, 4) is 0 Å². The molecule has 0 bridgehead atoms. The molecule has 0 spiro atoms. The highest BCUT2D eigenvalue weighted by atomic mass is 32.1. The Hall–Kier alpha value is -2.03. The summed E-state index contributed by atoms with van der Waals surface area (Å²) in [7, 11) is 0. The molecule has 0 aliphatic heterocycles. The Balaban J connectivity index is 5.20. The lowest BCUT2D eigenvalue weighted by molar-refractivity contribution is -0.142. The fraction of sp³-hybridized carbons (Fsp3) is 0.643. The van der Waals surface area contributed by atoms with Gasteiger partial charge in [-0.15, -0.1) is 0 Å². The first kappa shape index (κ1) is 26.0. The molecule has 4 unspecified atom stereocenters. The lowest BCUT2D eigenvalue weighted by Gasteiger charge is -2.23. The molecule has 28 heavy (non-hydrogen) atoms. The second kappa shape index (κ2) is 13.2. The first-order valence-corrected chi connectivity index (χ1v) is 9.27. The highest BCUT2D eigenvalue weighted by Gasteiger charge is 2.29. The molecule has 3 amide bonds. The Bertz CT molecular complexity index is 592. The van der Waals surface area contributed by atoms with Crippen molar-refractivity contribution in [2.75, 3.05) is 18.1 Å². The minimum atomic E-state index is -1.46. The number of hydrogen-bond donors (Lipinski definition) is 9. The van der Waals surface area contributed by atoms with Gasteiger partial charge in [0.1, 0.15) is 18.1 Å². The van der Waals surface area contributed by atoms with E-state index < -0.39 is 66.9 Å². The minimum absolute atomic E-state index is 0.0183. The van der Waals surface area contributed by atoms with Gasteiger partial charge in [0.15, 0.2) is 0 Å². The van der Waals surface area contributed by atoms with Gasteiger partial charge in [0.2, 0.25) is 17.7 Å². The molecule has 0 aromatic rings. The van der Waals surface area contributed by atoms with Gasteiger partial charge in [-0.25, -0.2) is 4.79 Å². The van der Waals surface area contributed by atoms with Crippen LogP contribution in [0.15, 0.2) is 0 Å². The number of aliphatic hydroxyl groups excluding tert-OH is 1. The topological polar surface area (TPSA) is 208 Å². The maximum Gasteiger partial charge on any atom is 0.327 e. The molecule has 0 aliphatic rings. The van der Waals surface area contributed by atoms with Gasteiger partial charge in [0.25, 0.3) is 0 Å². The maximum atomic E-state index is 12.3. The Labute approximate surface area is 171 Å². The second-order valence-corrected chi connectivity index (χ2v) is 6.34. The summed E-state index contributed by atoms with van der Waals surface area (Å²) in [6, 6.07) is -5.28. The highest BCUT2D eigenvalue weighted by molar-refractivity contribution is 7.80. The third-order valence-corrected chi connectivity index (χ3v) is 4.18. The second-order valence-electron chi connectivity index (χ2n) is 5.61. The summed E-state index contributed by atoms with van der Waals surface area (Å²) in [5.41, 5.74) is 5.45. The van der Waals surface area contributed by atoms with Crippen molar-refractivity contribution in [2.45, 2.75) is 37.0 Å². The molecule has 0 saturated carbocycles. The number of amides is 3. The summed E-state index contributed by atoms with van der Waals surface area (Å²) in [6.07, 6.45) is -0.855. The van der Waals surface area contributed by atoms with E-state index >= 15 is 0 Å². The molecule has 4 atom stereocenters. The Morgan fingerprint density at radius 2 is 1.32 bits per heavy atom. The SMILES string of the molecule is NC(CS)C(=O)NC(CO)C(=O)NC(CCC(=O)O)C(=O)NC(CS)C(=O)O. The van der Waals surface area contributed by atoms with Gasteiger partial charge in [-0.05, 0) is 6.42 Å². The van der Waals surface area contributed by atoms with E-state index in [1.165, 1.54) is 0 Å². The number of carboxylic acid groups (broad SMARTS) is 2. The van der Waals surface area contributed by atoms with E-state index in [4.69, 9.17) is 15.9 Å². The Morgan fingerprint density at radius 3 is 1.75 bits per heavy atom. The first-order chi connectivity index (χ1) is 13.1. The van der Waals surface area contributed by atoms with Crippen molar-refractivity contribution in [1.29, 1.82) is 0 Å². The molecule has 14 heteroatoms. The van der Waals surface area contributed by atoms with Gasteiger partial charge >= 0.3 is 11.9 Å². The smallest absolute Gasteiger partial charge is 0.327 e. The molecule has 0 aromatic carbocycles. The van der Waals surface area contributed by atoms with Crippen LogP contribution in [0.5, 0.6) is 0 Å². The van der Waals surface area contributed by atoms with Crippen LogP contribution in [-0.2, 0) is 24.0 Å². The van der Waals surface area contributed by atoms with Gasteiger partial charge in [-0.2, -0.15) is 25.3 Å². The van der Waals surface area contributed by atoms with Crippen molar-refractivity contribution in [1.82, 2.24) is 16.0 Å². The lowest BCUT2D eigenvalue weighted by atomic mass is 10.1. The van der Waals surface area contributed by atoms with Crippen molar-refractivity contribution < 1.29 is 39.3 Å². The predicted octanol–water partition coefficient (Wildman–Crippen LogP) is -3.43. The van der Waals surface area contributed by atoms with Crippen LogP contribution in [0.3, 0.4) is 0 Å². The van der Waals surface area contributed by atoms with E-state index in [9.17, 15) is 29.1 Å². The summed E-state index contributed by atoms with van der Waals surface area (Å²) in [6.45, 7) is -0.821. The summed E-state index contributed by atoms with van der Waals surface area (Å²) in [5.74, 6) is -5.57. The normalized spacial score (nSPS) is 14.9. The number of carboxylic acids is 2. The number of nitrogens with one attached hydrogen (secondary N) is 3. The molecule has 12 nitrogen and oxygen atoms in total. The van der Waals surface area contributed by atoms with Crippen LogP contribution in [0.4, 0.5) is 0 Å². The average Bonchev–Trinajstić information content (AvgIpc) is 2.65. The molecule has 160 valence electrons. The molecule has 0 fully saturated rings. The Morgan fingerprint density at radius 1 is 0.821 bits per heavy atom. The number of hydrogen-bond acceptors (Lipinski definition) is 9. The third-order valence-electron chi connectivity index (χ3n) is 3.43. The fourth-order valence-corrected chi connectivity index (χ4v) is 2.24. The van der Waals surface area contributed by atoms with Gasteiger partial charge in [-0.3, -0.25) is 19.2 Å². The standard InChI is InChI=1S/C14H24N4O8S2/c15-6(4-27)11(22)17-8(3-19)13(24)16-7(1-2-10(20)21)12(23)18-9(5-28)14(25)26/h6-9,19,27-28H,1-5,15H2,(H,16,24)(H,17,22)(H,18,23)(H,20,21)(H,25,26). The zero-order valence-corrected chi connectivity index (χ0v) is 16.5. The van der Waals surface area contributed by atoms with Crippen LogP contribution in [0, 0.1) is 0 Å². The van der Waals surface area contributed by atoms with Gasteiger partial charge in [0.05, 0.1) is 12.6 Å². The highest BCUT2D eigenvalue weighted by Crippen LogP contribution is 2.01. The van der Waals surface area contributed by atoms with Crippen LogP contribution in [0.2, 0.25) is 0 Å². The molecule has 0 saturated heterocycles. The third kappa shape index (κ3) is 9.25. The molecule has 0 heterocycles. The number of carbonyl (C=O) groups is 5. The van der Waals surface area contributed by atoms with E-state index in [2.05, 4.69) is 41.2 Å². The van der Waals surface area contributed by atoms with Crippen molar-refractivity contribution in [3.63, 3.8) is 0 Å². The molecule has 8 N–H and O–H groups in total. The van der Waals surface area contributed by atoms with Gasteiger partial charge < -0.3 is 37.0 Å². The Kier molecular flexibility index (Phi) is 12.2. The maximum absolute atomic E-state index is 12.3. The fourth-order valence-electron chi connectivity index (χ4n) is 1.82. The predicted molar refractivity (Wildman–Crippen MR) is 103 cm³/mol. The van der Waals surface area contributed by atoms with Crippen LogP contribution in [-0.4, -0.2) is 87.3 Å². The number of nitrogens with two attached hydrogens (primary N) is 1. The summed E-state index contributed by atoms with van der Waals surface area (Å²) < 4.78 is 0. The molecule has 0 aliphatic carbocycles.